The summed E-state index contributed by atoms with van der Waals surface area (Å²) in [6.45, 7) is 1.80. The number of benzene rings is 2. The van der Waals surface area contributed by atoms with Crippen molar-refractivity contribution in [3.8, 4) is 17.2 Å². The van der Waals surface area contributed by atoms with E-state index in [-0.39, 0.29) is 11.6 Å². The van der Waals surface area contributed by atoms with E-state index in [0.717, 1.165) is 5.56 Å². The van der Waals surface area contributed by atoms with Crippen LogP contribution in [0, 0.1) is 5.82 Å². The Morgan fingerprint density at radius 1 is 1.00 bits per heavy atom. The summed E-state index contributed by atoms with van der Waals surface area (Å²) in [5, 5.41) is 2.76. The van der Waals surface area contributed by atoms with Gasteiger partial charge >= 0.3 is 0 Å². The molecule has 0 radical (unpaired) electrons. The van der Waals surface area contributed by atoms with Gasteiger partial charge in [-0.05, 0) is 31.2 Å². The van der Waals surface area contributed by atoms with Gasteiger partial charge in [0.15, 0.2) is 0 Å². The summed E-state index contributed by atoms with van der Waals surface area (Å²) >= 11 is 0. The molecule has 0 aliphatic heterocycles. The summed E-state index contributed by atoms with van der Waals surface area (Å²) in [5.74, 6) is 0.433. The molecule has 0 aliphatic carbocycles. The summed E-state index contributed by atoms with van der Waals surface area (Å²) in [5.41, 5.74) is 0.718. The zero-order chi connectivity index (χ0) is 17.7. The SMILES string of the molecule is COc1ccc(C(=O)NC(C)c2ccc(OC)cc2OC)c(F)c1. The summed E-state index contributed by atoms with van der Waals surface area (Å²) in [6.07, 6.45) is 0. The first kappa shape index (κ1) is 17.6. The molecule has 0 heterocycles. The Labute approximate surface area is 140 Å². The van der Waals surface area contributed by atoms with Crippen LogP contribution in [0.2, 0.25) is 0 Å². The first-order valence-electron chi connectivity index (χ1n) is 7.36. The van der Waals surface area contributed by atoms with Crippen molar-refractivity contribution < 1.29 is 23.4 Å². The van der Waals surface area contributed by atoms with E-state index in [1.54, 1.807) is 32.2 Å². The Bertz CT molecular complexity index is 733. The van der Waals surface area contributed by atoms with Crippen LogP contribution in [0.4, 0.5) is 4.39 Å². The lowest BCUT2D eigenvalue weighted by Gasteiger charge is -2.18. The van der Waals surface area contributed by atoms with Gasteiger partial charge in [-0.3, -0.25) is 4.79 Å². The zero-order valence-electron chi connectivity index (χ0n) is 14.1. The fourth-order valence-electron chi connectivity index (χ4n) is 2.34. The molecule has 128 valence electrons. The van der Waals surface area contributed by atoms with E-state index in [1.807, 2.05) is 0 Å². The van der Waals surface area contributed by atoms with Gasteiger partial charge in [-0.25, -0.2) is 4.39 Å². The maximum atomic E-state index is 14.0. The van der Waals surface area contributed by atoms with Crippen LogP contribution in [0.5, 0.6) is 17.2 Å². The van der Waals surface area contributed by atoms with E-state index in [9.17, 15) is 9.18 Å². The molecule has 0 fully saturated rings. The van der Waals surface area contributed by atoms with Crippen molar-refractivity contribution in [2.75, 3.05) is 21.3 Å². The van der Waals surface area contributed by atoms with Crippen molar-refractivity contribution in [3.05, 3.63) is 53.3 Å². The second-order valence-corrected chi connectivity index (χ2v) is 5.15. The zero-order valence-corrected chi connectivity index (χ0v) is 14.1. The standard InChI is InChI=1S/C18H20FNO4/c1-11(14-7-5-13(23-3)10-17(14)24-4)20-18(21)15-8-6-12(22-2)9-16(15)19/h5-11H,1-4H3,(H,20,21). The fraction of sp³-hybridized carbons (Fsp3) is 0.278. The third-order valence-corrected chi connectivity index (χ3v) is 3.68. The van der Waals surface area contributed by atoms with E-state index < -0.39 is 11.7 Å². The van der Waals surface area contributed by atoms with Crippen LogP contribution in [0.15, 0.2) is 36.4 Å². The normalized spacial score (nSPS) is 11.5. The van der Waals surface area contributed by atoms with Crippen molar-refractivity contribution in [1.29, 1.82) is 0 Å². The first-order chi connectivity index (χ1) is 11.5. The van der Waals surface area contributed by atoms with Crippen molar-refractivity contribution in [3.63, 3.8) is 0 Å². The lowest BCUT2D eigenvalue weighted by atomic mass is 10.1. The van der Waals surface area contributed by atoms with Gasteiger partial charge in [0.1, 0.15) is 23.1 Å². The Morgan fingerprint density at radius 2 is 1.62 bits per heavy atom. The highest BCUT2D eigenvalue weighted by Gasteiger charge is 2.18. The highest BCUT2D eigenvalue weighted by atomic mass is 19.1. The predicted octanol–water partition coefficient (Wildman–Crippen LogP) is 3.34. The molecule has 0 saturated heterocycles. The van der Waals surface area contributed by atoms with Crippen molar-refractivity contribution in [1.82, 2.24) is 5.32 Å². The molecule has 1 atom stereocenters. The number of amides is 1. The Kier molecular flexibility index (Phi) is 5.63. The molecular weight excluding hydrogens is 313 g/mol. The molecule has 1 N–H and O–H groups in total. The van der Waals surface area contributed by atoms with E-state index in [4.69, 9.17) is 14.2 Å². The molecule has 2 rings (SSSR count). The number of carbonyl (C=O) groups excluding carboxylic acids is 1. The third-order valence-electron chi connectivity index (χ3n) is 3.68. The van der Waals surface area contributed by atoms with Crippen LogP contribution in [-0.4, -0.2) is 27.2 Å². The first-order valence-corrected chi connectivity index (χ1v) is 7.36. The van der Waals surface area contributed by atoms with Gasteiger partial charge in [-0.2, -0.15) is 0 Å². The lowest BCUT2D eigenvalue weighted by molar-refractivity contribution is 0.0935. The van der Waals surface area contributed by atoms with Gasteiger partial charge in [0.2, 0.25) is 0 Å². The Morgan fingerprint density at radius 3 is 2.21 bits per heavy atom. The molecular formula is C18H20FNO4. The van der Waals surface area contributed by atoms with Gasteiger partial charge in [0.25, 0.3) is 5.91 Å². The Balaban J connectivity index is 2.20. The number of hydrogen-bond donors (Lipinski definition) is 1. The second kappa shape index (κ2) is 7.68. The van der Waals surface area contributed by atoms with Gasteiger partial charge in [0, 0.05) is 17.7 Å². The minimum Gasteiger partial charge on any atom is -0.497 e. The topological polar surface area (TPSA) is 56.8 Å². The maximum Gasteiger partial charge on any atom is 0.254 e. The molecule has 1 unspecified atom stereocenters. The summed E-state index contributed by atoms with van der Waals surface area (Å²) in [4.78, 5) is 12.3. The maximum absolute atomic E-state index is 14.0. The fourth-order valence-corrected chi connectivity index (χ4v) is 2.34. The van der Waals surface area contributed by atoms with E-state index >= 15 is 0 Å². The highest BCUT2D eigenvalue weighted by molar-refractivity contribution is 5.94. The molecule has 0 spiro atoms. The van der Waals surface area contributed by atoms with Crippen LogP contribution in [0.25, 0.3) is 0 Å². The average molecular weight is 333 g/mol. The molecule has 2 aromatic carbocycles. The third kappa shape index (κ3) is 3.76. The van der Waals surface area contributed by atoms with Crippen molar-refractivity contribution >= 4 is 5.91 Å². The van der Waals surface area contributed by atoms with Crippen LogP contribution < -0.4 is 19.5 Å². The van der Waals surface area contributed by atoms with E-state index in [2.05, 4.69) is 5.32 Å². The molecule has 5 nitrogen and oxygen atoms in total. The lowest BCUT2D eigenvalue weighted by Crippen LogP contribution is -2.27. The molecule has 6 heteroatoms. The smallest absolute Gasteiger partial charge is 0.254 e. The molecule has 24 heavy (non-hydrogen) atoms. The minimum absolute atomic E-state index is 0.0462. The average Bonchev–Trinajstić information content (AvgIpc) is 2.60. The number of rotatable bonds is 6. The number of ether oxygens (including phenoxy) is 3. The molecule has 0 aromatic heterocycles. The van der Waals surface area contributed by atoms with E-state index in [1.165, 1.54) is 32.4 Å². The number of hydrogen-bond acceptors (Lipinski definition) is 4. The monoisotopic (exact) mass is 333 g/mol. The highest BCUT2D eigenvalue weighted by Crippen LogP contribution is 2.29. The second-order valence-electron chi connectivity index (χ2n) is 5.15. The summed E-state index contributed by atoms with van der Waals surface area (Å²) in [7, 11) is 4.54. The Hall–Kier alpha value is -2.76. The van der Waals surface area contributed by atoms with Gasteiger partial charge < -0.3 is 19.5 Å². The van der Waals surface area contributed by atoms with Crippen LogP contribution in [0.1, 0.15) is 28.9 Å². The summed E-state index contributed by atoms with van der Waals surface area (Å²) in [6, 6.07) is 9.03. The minimum atomic E-state index is -0.638. The number of carbonyl (C=O) groups is 1. The molecule has 0 saturated carbocycles. The molecule has 0 aliphatic rings. The van der Waals surface area contributed by atoms with Crippen LogP contribution in [-0.2, 0) is 0 Å². The van der Waals surface area contributed by atoms with Crippen molar-refractivity contribution in [2.24, 2.45) is 0 Å². The number of nitrogens with one attached hydrogen (secondary N) is 1. The summed E-state index contributed by atoms with van der Waals surface area (Å²) < 4.78 is 29.4. The van der Waals surface area contributed by atoms with E-state index in [0.29, 0.717) is 17.2 Å². The quantitative estimate of drug-likeness (QED) is 0.881. The largest absolute Gasteiger partial charge is 0.497 e. The molecule has 2 aromatic rings. The van der Waals surface area contributed by atoms with Gasteiger partial charge in [-0.15, -0.1) is 0 Å². The number of halogens is 1. The molecule has 1 amide bonds. The predicted molar refractivity (Wildman–Crippen MR) is 88.4 cm³/mol. The van der Waals surface area contributed by atoms with Crippen molar-refractivity contribution in [2.45, 2.75) is 13.0 Å². The number of methoxy groups -OCH3 is 3. The van der Waals surface area contributed by atoms with Gasteiger partial charge in [0.05, 0.1) is 32.9 Å². The molecule has 0 bridgehead atoms. The van der Waals surface area contributed by atoms with Crippen LogP contribution >= 0.6 is 0 Å². The van der Waals surface area contributed by atoms with Gasteiger partial charge in [-0.1, -0.05) is 0 Å². The van der Waals surface area contributed by atoms with Crippen LogP contribution in [0.3, 0.4) is 0 Å².